The highest BCUT2D eigenvalue weighted by atomic mass is 35.7. The van der Waals surface area contributed by atoms with Crippen molar-refractivity contribution in [2.45, 2.75) is 50.0 Å². The first-order valence-electron chi connectivity index (χ1n) is 6.70. The molecule has 7 heteroatoms. The van der Waals surface area contributed by atoms with Crippen LogP contribution in [-0.2, 0) is 9.05 Å². The number of carbonyl (C=O) groups is 1. The van der Waals surface area contributed by atoms with Gasteiger partial charge in [0.25, 0.3) is 15.0 Å². The van der Waals surface area contributed by atoms with Crippen molar-refractivity contribution in [1.82, 2.24) is 5.32 Å². The number of halogens is 2. The van der Waals surface area contributed by atoms with E-state index in [1.807, 2.05) is 6.92 Å². The molecule has 0 heterocycles. The first-order chi connectivity index (χ1) is 9.62. The Balaban J connectivity index is 2.36. The number of aryl methyl sites for hydroxylation is 1. The number of carbonyl (C=O) groups excluding carboxylic acids is 1. The predicted molar refractivity (Wildman–Crippen MR) is 83.6 cm³/mol. The van der Waals surface area contributed by atoms with E-state index in [4.69, 9.17) is 22.3 Å². The molecule has 0 atom stereocenters. The lowest BCUT2D eigenvalue weighted by molar-refractivity contribution is 0.0908. The molecule has 0 bridgehead atoms. The van der Waals surface area contributed by atoms with Crippen molar-refractivity contribution in [3.63, 3.8) is 0 Å². The highest BCUT2D eigenvalue weighted by molar-refractivity contribution is 8.13. The van der Waals surface area contributed by atoms with Crippen LogP contribution in [0.2, 0.25) is 5.02 Å². The van der Waals surface area contributed by atoms with Gasteiger partial charge in [-0.3, -0.25) is 4.79 Å². The molecule has 1 aromatic carbocycles. The van der Waals surface area contributed by atoms with Crippen molar-refractivity contribution in [2.24, 2.45) is 0 Å². The molecule has 2 rings (SSSR count). The lowest BCUT2D eigenvalue weighted by Crippen LogP contribution is -2.43. The van der Waals surface area contributed by atoms with Crippen LogP contribution in [-0.4, -0.2) is 19.9 Å². The standard InChI is InChI=1S/C14H17Cl2NO3S/c1-9-7-10(8-11(12(9)15)21(16,19)20)13(18)17-14(2)5-3-4-6-14/h7-8H,3-6H2,1-2H3,(H,17,18). The van der Waals surface area contributed by atoms with Gasteiger partial charge in [0.2, 0.25) is 0 Å². The monoisotopic (exact) mass is 349 g/mol. The molecule has 0 aromatic heterocycles. The summed E-state index contributed by atoms with van der Waals surface area (Å²) in [4.78, 5) is 12.1. The fraction of sp³-hybridized carbons (Fsp3) is 0.500. The summed E-state index contributed by atoms with van der Waals surface area (Å²) in [7, 11) is 1.37. The van der Waals surface area contributed by atoms with Crippen molar-refractivity contribution in [2.75, 3.05) is 0 Å². The number of hydrogen-bond donors (Lipinski definition) is 1. The number of benzene rings is 1. The summed E-state index contributed by atoms with van der Waals surface area (Å²) in [6, 6.07) is 2.80. The highest BCUT2D eigenvalue weighted by Crippen LogP contribution is 2.31. The second-order valence-corrected chi connectivity index (χ2v) is 8.68. The lowest BCUT2D eigenvalue weighted by Gasteiger charge is -2.25. The van der Waals surface area contributed by atoms with Gasteiger partial charge in [0.05, 0.1) is 5.02 Å². The number of amides is 1. The molecule has 1 fully saturated rings. The maximum atomic E-state index is 12.4. The van der Waals surface area contributed by atoms with Crippen LogP contribution in [0, 0.1) is 6.92 Å². The van der Waals surface area contributed by atoms with E-state index < -0.39 is 9.05 Å². The van der Waals surface area contributed by atoms with E-state index >= 15 is 0 Å². The number of rotatable bonds is 3. The minimum Gasteiger partial charge on any atom is -0.347 e. The third kappa shape index (κ3) is 3.71. The quantitative estimate of drug-likeness (QED) is 0.847. The fourth-order valence-electron chi connectivity index (χ4n) is 2.67. The Bertz CT molecular complexity index is 680. The van der Waals surface area contributed by atoms with Crippen LogP contribution < -0.4 is 5.32 Å². The zero-order valence-electron chi connectivity index (χ0n) is 11.9. The first-order valence-corrected chi connectivity index (χ1v) is 9.38. The largest absolute Gasteiger partial charge is 0.347 e. The molecule has 1 aromatic rings. The zero-order chi connectivity index (χ0) is 15.8. The van der Waals surface area contributed by atoms with Crippen molar-refractivity contribution < 1.29 is 13.2 Å². The summed E-state index contributed by atoms with van der Waals surface area (Å²) < 4.78 is 23.1. The molecule has 1 saturated carbocycles. The maximum absolute atomic E-state index is 12.4. The minimum atomic E-state index is -3.99. The molecule has 0 aliphatic heterocycles. The van der Waals surface area contributed by atoms with E-state index in [0.717, 1.165) is 25.7 Å². The van der Waals surface area contributed by atoms with Gasteiger partial charge in [-0.15, -0.1) is 0 Å². The Kier molecular flexibility index (Phi) is 4.57. The van der Waals surface area contributed by atoms with E-state index in [0.29, 0.717) is 5.56 Å². The molecule has 0 saturated heterocycles. The second kappa shape index (κ2) is 5.78. The van der Waals surface area contributed by atoms with Crippen molar-refractivity contribution >= 4 is 37.2 Å². The first kappa shape index (κ1) is 16.6. The van der Waals surface area contributed by atoms with Crippen molar-refractivity contribution in [3.05, 3.63) is 28.3 Å². The molecule has 0 radical (unpaired) electrons. The highest BCUT2D eigenvalue weighted by Gasteiger charge is 2.31. The Labute approximate surface area is 134 Å². The minimum absolute atomic E-state index is 0.0497. The zero-order valence-corrected chi connectivity index (χ0v) is 14.2. The molecule has 116 valence electrons. The Morgan fingerprint density at radius 1 is 1.29 bits per heavy atom. The Hall–Kier alpha value is -0.780. The number of hydrogen-bond acceptors (Lipinski definition) is 3. The van der Waals surface area contributed by atoms with Gasteiger partial charge in [0.1, 0.15) is 4.90 Å². The smallest absolute Gasteiger partial charge is 0.262 e. The van der Waals surface area contributed by atoms with Crippen LogP contribution in [0.25, 0.3) is 0 Å². The van der Waals surface area contributed by atoms with E-state index in [1.165, 1.54) is 6.07 Å². The second-order valence-electron chi connectivity index (χ2n) is 5.77. The van der Waals surface area contributed by atoms with Crippen LogP contribution in [0.1, 0.15) is 48.5 Å². The molecular weight excluding hydrogens is 333 g/mol. The summed E-state index contributed by atoms with van der Waals surface area (Å²) in [5.74, 6) is -0.305. The van der Waals surface area contributed by atoms with Crippen LogP contribution in [0.5, 0.6) is 0 Å². The summed E-state index contributed by atoms with van der Waals surface area (Å²) >= 11 is 5.96. The molecule has 0 unspecified atom stereocenters. The van der Waals surface area contributed by atoms with Crippen molar-refractivity contribution in [3.8, 4) is 0 Å². The van der Waals surface area contributed by atoms with Crippen LogP contribution in [0.4, 0.5) is 0 Å². The van der Waals surface area contributed by atoms with Gasteiger partial charge in [0, 0.05) is 21.8 Å². The summed E-state index contributed by atoms with van der Waals surface area (Å²) in [5.41, 5.74) is 0.523. The summed E-state index contributed by atoms with van der Waals surface area (Å²) in [5, 5.41) is 3.03. The molecule has 4 nitrogen and oxygen atoms in total. The van der Waals surface area contributed by atoms with Crippen LogP contribution in [0.15, 0.2) is 17.0 Å². The average molecular weight is 350 g/mol. The molecular formula is C14H17Cl2NO3S. The molecule has 1 aliphatic rings. The van der Waals surface area contributed by atoms with Gasteiger partial charge in [-0.1, -0.05) is 24.4 Å². The van der Waals surface area contributed by atoms with Gasteiger partial charge in [-0.2, -0.15) is 0 Å². The van der Waals surface area contributed by atoms with E-state index in [-0.39, 0.29) is 26.9 Å². The Morgan fingerprint density at radius 3 is 2.38 bits per heavy atom. The van der Waals surface area contributed by atoms with Gasteiger partial charge in [-0.05, 0) is 44.4 Å². The lowest BCUT2D eigenvalue weighted by atomic mass is 10.00. The molecule has 1 N–H and O–H groups in total. The molecule has 0 spiro atoms. The summed E-state index contributed by atoms with van der Waals surface area (Å²) in [6.45, 7) is 3.64. The summed E-state index contributed by atoms with van der Waals surface area (Å²) in [6.07, 6.45) is 4.01. The third-order valence-electron chi connectivity index (χ3n) is 3.87. The molecule has 21 heavy (non-hydrogen) atoms. The van der Waals surface area contributed by atoms with Gasteiger partial charge in [0.15, 0.2) is 0 Å². The van der Waals surface area contributed by atoms with E-state index in [2.05, 4.69) is 5.32 Å². The topological polar surface area (TPSA) is 63.2 Å². The average Bonchev–Trinajstić information content (AvgIpc) is 2.77. The third-order valence-corrected chi connectivity index (χ3v) is 5.83. The van der Waals surface area contributed by atoms with E-state index in [1.54, 1.807) is 13.0 Å². The predicted octanol–water partition coefficient (Wildman–Crippen LogP) is 3.64. The Morgan fingerprint density at radius 2 is 1.86 bits per heavy atom. The fourth-order valence-corrected chi connectivity index (χ4v) is 4.21. The SMILES string of the molecule is Cc1cc(C(=O)NC2(C)CCCC2)cc(S(=O)(=O)Cl)c1Cl. The molecule has 1 aliphatic carbocycles. The van der Waals surface area contributed by atoms with Gasteiger partial charge >= 0.3 is 0 Å². The normalized spacial score (nSPS) is 17.7. The maximum Gasteiger partial charge on any atom is 0.262 e. The van der Waals surface area contributed by atoms with Crippen LogP contribution in [0.3, 0.4) is 0 Å². The van der Waals surface area contributed by atoms with Crippen LogP contribution >= 0.6 is 22.3 Å². The van der Waals surface area contributed by atoms with E-state index in [9.17, 15) is 13.2 Å². The van der Waals surface area contributed by atoms with Crippen molar-refractivity contribution in [1.29, 1.82) is 0 Å². The van der Waals surface area contributed by atoms with Gasteiger partial charge < -0.3 is 5.32 Å². The van der Waals surface area contributed by atoms with Gasteiger partial charge in [-0.25, -0.2) is 8.42 Å². The number of nitrogens with one attached hydrogen (secondary N) is 1. The molecule has 1 amide bonds.